The molecule has 2 rings (SSSR count). The second-order valence-corrected chi connectivity index (χ2v) is 10.7. The normalized spacial score (nSPS) is 13.0. The number of alkyl halides is 2. The molecule has 0 aliphatic carbocycles. The third kappa shape index (κ3) is 9.15. The van der Waals surface area contributed by atoms with Crippen molar-refractivity contribution in [2.75, 3.05) is 26.4 Å². The molecule has 0 spiro atoms. The molecule has 0 amide bonds. The molecule has 0 aliphatic rings. The molecule has 2 atom stereocenters. The zero-order valence-corrected chi connectivity index (χ0v) is 23.9. The molecular formula is C27H34Br2O6. The van der Waals surface area contributed by atoms with E-state index in [1.54, 1.807) is 0 Å². The van der Waals surface area contributed by atoms with Crippen molar-refractivity contribution in [1.82, 2.24) is 0 Å². The minimum absolute atomic E-state index is 0.209. The van der Waals surface area contributed by atoms with Gasteiger partial charge in [-0.05, 0) is 48.2 Å². The van der Waals surface area contributed by atoms with Crippen molar-refractivity contribution in [3.63, 3.8) is 0 Å². The summed E-state index contributed by atoms with van der Waals surface area (Å²) in [7, 11) is 0. The van der Waals surface area contributed by atoms with Gasteiger partial charge >= 0.3 is 11.9 Å². The first-order chi connectivity index (χ1) is 16.7. The lowest BCUT2D eigenvalue weighted by Crippen LogP contribution is -2.20. The van der Waals surface area contributed by atoms with Crippen molar-refractivity contribution in [2.45, 2.75) is 55.6 Å². The number of carbonyl (C=O) groups is 2. The molecule has 0 saturated carbocycles. The lowest BCUT2D eigenvalue weighted by molar-refractivity contribution is -0.144. The maximum Gasteiger partial charge on any atom is 0.319 e. The van der Waals surface area contributed by atoms with Gasteiger partial charge < -0.3 is 18.9 Å². The van der Waals surface area contributed by atoms with Crippen molar-refractivity contribution in [2.24, 2.45) is 0 Å². The fraction of sp³-hybridized carbons (Fsp3) is 0.481. The first-order valence-corrected chi connectivity index (χ1v) is 13.6. The van der Waals surface area contributed by atoms with Crippen LogP contribution in [0.15, 0.2) is 48.5 Å². The Balaban J connectivity index is 1.84. The summed E-state index contributed by atoms with van der Waals surface area (Å²) < 4.78 is 21.7. The van der Waals surface area contributed by atoms with Gasteiger partial charge in [0.05, 0.1) is 0 Å². The summed E-state index contributed by atoms with van der Waals surface area (Å²) in [6, 6.07) is 15.9. The number of rotatable bonds is 14. The molecule has 2 aromatic carbocycles. The van der Waals surface area contributed by atoms with Crippen LogP contribution in [0.3, 0.4) is 0 Å². The van der Waals surface area contributed by atoms with Crippen molar-refractivity contribution >= 4 is 43.8 Å². The summed E-state index contributed by atoms with van der Waals surface area (Å²) in [5.74, 6) is 0.905. The predicted octanol–water partition coefficient (Wildman–Crippen LogP) is 6.20. The van der Waals surface area contributed by atoms with Crippen LogP contribution >= 0.6 is 31.9 Å². The molecule has 192 valence electrons. The van der Waals surface area contributed by atoms with E-state index in [2.05, 4.69) is 45.7 Å². The summed E-state index contributed by atoms with van der Waals surface area (Å²) in [6.45, 7) is 9.16. The first-order valence-electron chi connectivity index (χ1n) is 11.8. The van der Waals surface area contributed by atoms with Gasteiger partial charge in [-0.2, -0.15) is 0 Å². The molecular weight excluding hydrogens is 580 g/mol. The van der Waals surface area contributed by atoms with Gasteiger partial charge in [0.2, 0.25) is 0 Å². The molecule has 0 bridgehead atoms. The average Bonchev–Trinajstić information content (AvgIpc) is 2.88. The van der Waals surface area contributed by atoms with Gasteiger partial charge in [-0.3, -0.25) is 9.59 Å². The summed E-state index contributed by atoms with van der Waals surface area (Å²) in [5, 5.41) is 0. The molecule has 0 aromatic heterocycles. The Bertz CT molecular complexity index is 852. The van der Waals surface area contributed by atoms with Crippen molar-refractivity contribution in [3.8, 4) is 11.5 Å². The second-order valence-electron chi connectivity index (χ2n) is 8.46. The van der Waals surface area contributed by atoms with Gasteiger partial charge in [-0.15, -0.1) is 0 Å². The zero-order chi connectivity index (χ0) is 25.8. The molecule has 0 saturated heterocycles. The monoisotopic (exact) mass is 612 g/mol. The fourth-order valence-electron chi connectivity index (χ4n) is 3.22. The molecule has 0 aliphatic heterocycles. The summed E-state index contributed by atoms with van der Waals surface area (Å²) in [4.78, 5) is 22.8. The largest absolute Gasteiger partial charge is 0.490 e. The van der Waals surface area contributed by atoms with Gasteiger partial charge in [0.15, 0.2) is 0 Å². The Morgan fingerprint density at radius 1 is 0.686 bits per heavy atom. The van der Waals surface area contributed by atoms with Gasteiger partial charge in [0.1, 0.15) is 47.6 Å². The molecule has 0 fully saturated rings. The van der Waals surface area contributed by atoms with E-state index >= 15 is 0 Å². The van der Waals surface area contributed by atoms with E-state index in [1.165, 1.54) is 0 Å². The quantitative estimate of drug-likeness (QED) is 0.143. The molecule has 0 unspecified atom stereocenters. The third-order valence-corrected chi connectivity index (χ3v) is 7.62. The Labute approximate surface area is 224 Å². The summed E-state index contributed by atoms with van der Waals surface area (Å²) >= 11 is 6.55. The Kier molecular flexibility index (Phi) is 12.1. The van der Waals surface area contributed by atoms with E-state index in [0.717, 1.165) is 22.6 Å². The molecule has 8 heteroatoms. The molecule has 0 heterocycles. The number of hydrogen-bond donors (Lipinski definition) is 0. The highest BCUT2D eigenvalue weighted by molar-refractivity contribution is 9.10. The maximum absolute atomic E-state index is 11.7. The molecule has 0 N–H and O–H groups in total. The van der Waals surface area contributed by atoms with E-state index in [1.807, 2.05) is 62.4 Å². The number of halogens is 2. The first kappa shape index (κ1) is 29.2. The van der Waals surface area contributed by atoms with E-state index < -0.39 is 0 Å². The SMILES string of the molecule is CC[C@H](Br)C(=O)OCCOc1ccc(C(C)(C)c2ccc(OCCOC(=O)[C@@H](Br)CC)cc2)cc1. The number of hydrogen-bond acceptors (Lipinski definition) is 6. The van der Waals surface area contributed by atoms with Crippen molar-refractivity contribution < 1.29 is 28.5 Å². The van der Waals surface area contributed by atoms with Crippen molar-refractivity contribution in [1.29, 1.82) is 0 Å². The van der Waals surface area contributed by atoms with Crippen LogP contribution in [0, 0.1) is 0 Å². The Hall–Kier alpha value is -2.06. The van der Waals surface area contributed by atoms with E-state index in [4.69, 9.17) is 18.9 Å². The van der Waals surface area contributed by atoms with Gasteiger partial charge in [-0.1, -0.05) is 83.8 Å². The van der Waals surface area contributed by atoms with Crippen LogP contribution < -0.4 is 9.47 Å². The zero-order valence-electron chi connectivity index (χ0n) is 20.7. The van der Waals surface area contributed by atoms with Crippen LogP contribution in [0.2, 0.25) is 0 Å². The fourth-order valence-corrected chi connectivity index (χ4v) is 3.48. The molecule has 2 aromatic rings. The van der Waals surface area contributed by atoms with E-state index in [0.29, 0.717) is 26.1 Å². The van der Waals surface area contributed by atoms with Crippen LogP contribution in [0.25, 0.3) is 0 Å². The van der Waals surface area contributed by atoms with Crippen LogP contribution in [-0.4, -0.2) is 48.0 Å². The lowest BCUT2D eigenvalue weighted by Gasteiger charge is -2.26. The number of ether oxygens (including phenoxy) is 4. The average molecular weight is 614 g/mol. The highest BCUT2D eigenvalue weighted by atomic mass is 79.9. The lowest BCUT2D eigenvalue weighted by atomic mass is 9.78. The number of esters is 2. The third-order valence-electron chi connectivity index (χ3n) is 5.57. The predicted molar refractivity (Wildman–Crippen MR) is 144 cm³/mol. The standard InChI is InChI=1S/C27H34Br2O6/c1-5-23(28)25(30)34-17-15-32-21-11-7-19(8-12-21)27(3,4)20-9-13-22(14-10-20)33-16-18-35-26(31)24(29)6-2/h7-14,23-24H,5-6,15-18H2,1-4H3/t23-,24-/m0/s1. The van der Waals surface area contributed by atoms with Gasteiger partial charge in [0, 0.05) is 5.41 Å². The van der Waals surface area contributed by atoms with Crippen LogP contribution in [0.1, 0.15) is 51.7 Å². The minimum Gasteiger partial charge on any atom is -0.490 e. The maximum atomic E-state index is 11.7. The Morgan fingerprint density at radius 2 is 1.03 bits per heavy atom. The van der Waals surface area contributed by atoms with Crippen LogP contribution in [0.5, 0.6) is 11.5 Å². The minimum atomic E-state index is -0.276. The highest BCUT2D eigenvalue weighted by Crippen LogP contribution is 2.33. The van der Waals surface area contributed by atoms with E-state index in [9.17, 15) is 9.59 Å². The Morgan fingerprint density at radius 3 is 1.34 bits per heavy atom. The number of benzene rings is 2. The molecule has 0 radical (unpaired) electrons. The second kappa shape index (κ2) is 14.5. The topological polar surface area (TPSA) is 71.1 Å². The summed E-state index contributed by atoms with van der Waals surface area (Å²) in [6.07, 6.45) is 1.36. The van der Waals surface area contributed by atoms with Gasteiger partial charge in [-0.25, -0.2) is 0 Å². The van der Waals surface area contributed by atoms with Gasteiger partial charge in [0.25, 0.3) is 0 Å². The van der Waals surface area contributed by atoms with Crippen molar-refractivity contribution in [3.05, 3.63) is 59.7 Å². The number of carbonyl (C=O) groups excluding carboxylic acids is 2. The summed E-state index contributed by atoms with van der Waals surface area (Å²) in [5.41, 5.74) is 2.06. The highest BCUT2D eigenvalue weighted by Gasteiger charge is 2.23. The van der Waals surface area contributed by atoms with E-state index in [-0.39, 0.29) is 40.2 Å². The molecule has 6 nitrogen and oxygen atoms in total. The smallest absolute Gasteiger partial charge is 0.319 e. The molecule has 35 heavy (non-hydrogen) atoms. The van der Waals surface area contributed by atoms with Crippen LogP contribution in [-0.2, 0) is 24.5 Å². The van der Waals surface area contributed by atoms with Crippen LogP contribution in [0.4, 0.5) is 0 Å².